The van der Waals surface area contributed by atoms with Crippen LogP contribution in [0.4, 0.5) is 0 Å². The van der Waals surface area contributed by atoms with Gasteiger partial charge in [-0.05, 0) is 55.7 Å². The monoisotopic (exact) mass is 287 g/mol. The number of aryl methyl sites for hydroxylation is 3. The highest BCUT2D eigenvalue weighted by Gasteiger charge is 2.15. The highest BCUT2D eigenvalue weighted by molar-refractivity contribution is 6.10. The average molecular weight is 287 g/mol. The van der Waals surface area contributed by atoms with Crippen LogP contribution in [0.2, 0.25) is 0 Å². The number of nitrogens with zero attached hydrogens (tertiary/aromatic N) is 1. The molecule has 2 heterocycles. The van der Waals surface area contributed by atoms with Crippen LogP contribution >= 0.6 is 0 Å². The molecule has 0 unspecified atom stereocenters. The molecule has 0 bridgehead atoms. The van der Waals surface area contributed by atoms with Gasteiger partial charge in [0.2, 0.25) is 0 Å². The summed E-state index contributed by atoms with van der Waals surface area (Å²) in [7, 11) is 0. The lowest BCUT2D eigenvalue weighted by molar-refractivity contribution is 0.669. The van der Waals surface area contributed by atoms with Gasteiger partial charge in [0.05, 0.1) is 5.69 Å². The summed E-state index contributed by atoms with van der Waals surface area (Å²) in [5, 5.41) is 2.36. The first kappa shape index (κ1) is 13.1. The third kappa shape index (κ3) is 1.84. The minimum atomic E-state index is 0.928. The van der Waals surface area contributed by atoms with Crippen molar-refractivity contribution in [3.05, 3.63) is 65.4 Å². The Bertz CT molecular complexity index is 1010. The van der Waals surface area contributed by atoms with Crippen LogP contribution in [0.15, 0.2) is 53.1 Å². The maximum absolute atomic E-state index is 6.15. The van der Waals surface area contributed by atoms with Gasteiger partial charge in [-0.25, -0.2) is 0 Å². The number of para-hydroxylation sites is 1. The zero-order chi connectivity index (χ0) is 15.3. The summed E-state index contributed by atoms with van der Waals surface area (Å²) in [6, 6.07) is 14.6. The van der Waals surface area contributed by atoms with E-state index in [0.717, 1.165) is 22.4 Å². The molecule has 0 aliphatic heterocycles. The van der Waals surface area contributed by atoms with Crippen molar-refractivity contribution in [3.8, 4) is 11.3 Å². The van der Waals surface area contributed by atoms with Crippen LogP contribution < -0.4 is 0 Å². The van der Waals surface area contributed by atoms with Crippen LogP contribution in [0.1, 0.15) is 16.7 Å². The van der Waals surface area contributed by atoms with Crippen molar-refractivity contribution >= 4 is 21.9 Å². The number of hydrogen-bond donors (Lipinski definition) is 0. The molecule has 108 valence electrons. The maximum atomic E-state index is 6.15. The van der Waals surface area contributed by atoms with Gasteiger partial charge in [-0.15, -0.1) is 0 Å². The molecule has 2 nitrogen and oxygen atoms in total. The molecule has 0 radical (unpaired) electrons. The predicted molar refractivity (Wildman–Crippen MR) is 91.2 cm³/mol. The quantitative estimate of drug-likeness (QED) is 0.457. The molecule has 0 spiro atoms. The van der Waals surface area contributed by atoms with Crippen LogP contribution in [0.5, 0.6) is 0 Å². The number of pyridine rings is 1. The Morgan fingerprint density at radius 2 is 1.68 bits per heavy atom. The zero-order valence-electron chi connectivity index (χ0n) is 13.0. The Balaban J connectivity index is 2.10. The zero-order valence-corrected chi connectivity index (χ0v) is 13.0. The van der Waals surface area contributed by atoms with E-state index in [1.807, 2.05) is 18.3 Å². The third-order valence-corrected chi connectivity index (χ3v) is 4.38. The summed E-state index contributed by atoms with van der Waals surface area (Å²) in [6.07, 6.45) is 1.93. The van der Waals surface area contributed by atoms with E-state index in [2.05, 4.69) is 56.1 Å². The van der Waals surface area contributed by atoms with Gasteiger partial charge in [0.1, 0.15) is 11.2 Å². The molecule has 0 fully saturated rings. The van der Waals surface area contributed by atoms with Crippen molar-refractivity contribution in [2.45, 2.75) is 20.8 Å². The predicted octanol–water partition coefficient (Wildman–Crippen LogP) is 5.57. The van der Waals surface area contributed by atoms with Crippen molar-refractivity contribution in [1.29, 1.82) is 0 Å². The Kier molecular flexibility index (Phi) is 2.80. The van der Waals surface area contributed by atoms with E-state index in [1.165, 1.54) is 27.5 Å². The molecule has 0 saturated carbocycles. The second kappa shape index (κ2) is 4.70. The molecule has 0 saturated heterocycles. The smallest absolute Gasteiger partial charge is 0.145 e. The highest BCUT2D eigenvalue weighted by atomic mass is 16.3. The normalized spacial score (nSPS) is 11.4. The molecule has 4 rings (SSSR count). The van der Waals surface area contributed by atoms with Gasteiger partial charge in [-0.1, -0.05) is 24.3 Å². The third-order valence-electron chi connectivity index (χ3n) is 4.38. The average Bonchev–Trinajstić information content (AvgIpc) is 2.91. The van der Waals surface area contributed by atoms with Gasteiger partial charge >= 0.3 is 0 Å². The van der Waals surface area contributed by atoms with Crippen molar-refractivity contribution in [3.63, 3.8) is 0 Å². The van der Waals surface area contributed by atoms with Gasteiger partial charge in [0, 0.05) is 22.5 Å². The van der Waals surface area contributed by atoms with Crippen LogP contribution in [-0.4, -0.2) is 4.98 Å². The van der Waals surface area contributed by atoms with Crippen molar-refractivity contribution in [2.75, 3.05) is 0 Å². The Labute approximate surface area is 129 Å². The topological polar surface area (TPSA) is 26.0 Å². The van der Waals surface area contributed by atoms with Gasteiger partial charge in [0.25, 0.3) is 0 Å². The molecule has 2 aromatic heterocycles. The number of hydrogen-bond acceptors (Lipinski definition) is 2. The van der Waals surface area contributed by atoms with Gasteiger partial charge in [-0.3, -0.25) is 4.98 Å². The largest absolute Gasteiger partial charge is 0.455 e. The van der Waals surface area contributed by atoms with E-state index in [0.29, 0.717) is 0 Å². The van der Waals surface area contributed by atoms with E-state index in [1.54, 1.807) is 0 Å². The number of benzene rings is 2. The maximum Gasteiger partial charge on any atom is 0.145 e. The second-order valence-electron chi connectivity index (χ2n) is 5.89. The van der Waals surface area contributed by atoms with Crippen LogP contribution in [0.3, 0.4) is 0 Å². The summed E-state index contributed by atoms with van der Waals surface area (Å²) in [5.41, 5.74) is 7.56. The van der Waals surface area contributed by atoms with E-state index >= 15 is 0 Å². The van der Waals surface area contributed by atoms with E-state index in [-0.39, 0.29) is 0 Å². The van der Waals surface area contributed by atoms with E-state index in [9.17, 15) is 0 Å². The van der Waals surface area contributed by atoms with Gasteiger partial charge < -0.3 is 4.42 Å². The molecule has 4 aromatic rings. The fourth-order valence-electron chi connectivity index (χ4n) is 2.97. The fraction of sp³-hybridized carbons (Fsp3) is 0.150. The lowest BCUT2D eigenvalue weighted by Crippen LogP contribution is -1.89. The number of aromatic nitrogens is 1. The van der Waals surface area contributed by atoms with Crippen molar-refractivity contribution in [1.82, 2.24) is 4.98 Å². The molecule has 2 heteroatoms. The first-order valence-corrected chi connectivity index (χ1v) is 7.49. The minimum absolute atomic E-state index is 0.928. The summed E-state index contributed by atoms with van der Waals surface area (Å²) in [4.78, 5) is 4.60. The number of furan rings is 1. The molecule has 0 aliphatic rings. The van der Waals surface area contributed by atoms with E-state index in [4.69, 9.17) is 4.42 Å². The summed E-state index contributed by atoms with van der Waals surface area (Å²) in [5.74, 6) is 0. The molecular weight excluding hydrogens is 270 g/mol. The lowest BCUT2D eigenvalue weighted by atomic mass is 10.0. The fourth-order valence-corrected chi connectivity index (χ4v) is 2.97. The van der Waals surface area contributed by atoms with Gasteiger partial charge in [-0.2, -0.15) is 0 Å². The second-order valence-corrected chi connectivity index (χ2v) is 5.89. The first-order valence-electron chi connectivity index (χ1n) is 7.49. The number of fused-ring (bicyclic) bond motifs is 3. The molecule has 0 N–H and O–H groups in total. The highest BCUT2D eigenvalue weighted by Crippen LogP contribution is 2.37. The first-order chi connectivity index (χ1) is 10.6. The van der Waals surface area contributed by atoms with Crippen LogP contribution in [0.25, 0.3) is 33.2 Å². The molecule has 0 amide bonds. The molecule has 22 heavy (non-hydrogen) atoms. The molecular formula is C20H17NO. The summed E-state index contributed by atoms with van der Waals surface area (Å²) in [6.45, 7) is 6.32. The van der Waals surface area contributed by atoms with E-state index < -0.39 is 0 Å². The molecule has 0 atom stereocenters. The summed E-state index contributed by atoms with van der Waals surface area (Å²) >= 11 is 0. The molecule has 0 aliphatic carbocycles. The van der Waals surface area contributed by atoms with Crippen molar-refractivity contribution < 1.29 is 4.42 Å². The Morgan fingerprint density at radius 1 is 0.864 bits per heavy atom. The van der Waals surface area contributed by atoms with Gasteiger partial charge in [0.15, 0.2) is 0 Å². The minimum Gasteiger partial charge on any atom is -0.455 e. The SMILES string of the molecule is Cc1cnc(-c2ccc(C)c3c2oc2ccccc23)cc1C. The Morgan fingerprint density at radius 3 is 2.50 bits per heavy atom. The van der Waals surface area contributed by atoms with Crippen LogP contribution in [-0.2, 0) is 0 Å². The Hall–Kier alpha value is -2.61. The summed E-state index contributed by atoms with van der Waals surface area (Å²) < 4.78 is 6.15. The lowest BCUT2D eigenvalue weighted by Gasteiger charge is -2.06. The van der Waals surface area contributed by atoms with Crippen molar-refractivity contribution in [2.24, 2.45) is 0 Å². The molecule has 2 aromatic carbocycles. The standard InChI is InChI=1S/C20H17NO/c1-12-8-9-15(17-10-13(2)14(3)11-21-17)20-19(12)16-6-4-5-7-18(16)22-20/h4-11H,1-3H3. The number of rotatable bonds is 1. The van der Waals surface area contributed by atoms with Crippen LogP contribution in [0, 0.1) is 20.8 Å².